The van der Waals surface area contributed by atoms with E-state index in [1.807, 2.05) is 0 Å². The molecule has 0 radical (unpaired) electrons. The minimum absolute atomic E-state index is 1.22. The first-order valence-electron chi connectivity index (χ1n) is 8.78. The van der Waals surface area contributed by atoms with Crippen LogP contribution in [0.15, 0.2) is 36.4 Å². The summed E-state index contributed by atoms with van der Waals surface area (Å²) in [6.07, 6.45) is 8.00. The van der Waals surface area contributed by atoms with Crippen molar-refractivity contribution in [1.82, 2.24) is 0 Å². The van der Waals surface area contributed by atoms with Gasteiger partial charge in [0.1, 0.15) is 0 Å². The molecule has 0 nitrogen and oxygen atoms in total. The van der Waals surface area contributed by atoms with E-state index in [1.165, 1.54) is 71.9 Å². The molecule has 0 aliphatic rings. The molecule has 0 saturated carbocycles. The molecule has 0 aromatic heterocycles. The van der Waals surface area contributed by atoms with Crippen LogP contribution in [0, 0.1) is 20.8 Å². The Bertz CT molecular complexity index is 587. The highest BCUT2D eigenvalue weighted by Crippen LogP contribution is 2.25. The molecule has 0 N–H and O–H groups in total. The van der Waals surface area contributed by atoms with Gasteiger partial charge >= 0.3 is 0 Å². The zero-order valence-corrected chi connectivity index (χ0v) is 14.7. The number of hydrogen-bond donors (Lipinski definition) is 0. The summed E-state index contributed by atoms with van der Waals surface area (Å²) in [5, 5.41) is 0. The van der Waals surface area contributed by atoms with Crippen LogP contribution in [-0.4, -0.2) is 0 Å². The average Bonchev–Trinajstić information content (AvgIpc) is 2.47. The Morgan fingerprint density at radius 2 is 1.36 bits per heavy atom. The first-order chi connectivity index (χ1) is 10.6. The molecule has 22 heavy (non-hydrogen) atoms. The molecule has 0 spiro atoms. The zero-order valence-electron chi connectivity index (χ0n) is 14.7. The van der Waals surface area contributed by atoms with E-state index in [9.17, 15) is 0 Å². The second-order valence-corrected chi connectivity index (χ2v) is 6.68. The molecule has 0 atom stereocenters. The van der Waals surface area contributed by atoms with Gasteiger partial charge in [0.05, 0.1) is 0 Å². The molecule has 0 unspecified atom stereocenters. The lowest BCUT2D eigenvalue weighted by Gasteiger charge is -2.10. The highest BCUT2D eigenvalue weighted by atomic mass is 14.1. The Balaban J connectivity index is 2.06. The van der Waals surface area contributed by atoms with Crippen LogP contribution in [0.1, 0.15) is 61.3 Å². The fourth-order valence-corrected chi connectivity index (χ4v) is 3.22. The largest absolute Gasteiger partial charge is 0.0654 e. The molecule has 0 heterocycles. The molecule has 0 saturated heterocycles. The minimum Gasteiger partial charge on any atom is -0.0654 e. The quantitative estimate of drug-likeness (QED) is 0.493. The molecule has 2 aromatic rings. The summed E-state index contributed by atoms with van der Waals surface area (Å²) in [5.41, 5.74) is 8.33. The van der Waals surface area contributed by atoms with Gasteiger partial charge in [0.15, 0.2) is 0 Å². The number of unbranched alkanes of at least 4 members (excludes halogenated alkanes) is 4. The summed E-state index contributed by atoms with van der Waals surface area (Å²) in [6, 6.07) is 13.8. The van der Waals surface area contributed by atoms with Gasteiger partial charge < -0.3 is 0 Å². The van der Waals surface area contributed by atoms with Gasteiger partial charge in [-0.1, -0.05) is 80.1 Å². The summed E-state index contributed by atoms with van der Waals surface area (Å²) in [5.74, 6) is 0. The van der Waals surface area contributed by atoms with E-state index in [1.54, 1.807) is 0 Å². The Morgan fingerprint density at radius 1 is 0.682 bits per heavy atom. The van der Waals surface area contributed by atoms with E-state index in [0.717, 1.165) is 0 Å². The monoisotopic (exact) mass is 294 g/mol. The van der Waals surface area contributed by atoms with Crippen LogP contribution in [0.4, 0.5) is 0 Å². The Kier molecular flexibility index (Phi) is 6.24. The van der Waals surface area contributed by atoms with E-state index in [2.05, 4.69) is 64.1 Å². The maximum Gasteiger partial charge on any atom is -0.0179 e. The van der Waals surface area contributed by atoms with Crippen LogP contribution < -0.4 is 0 Å². The number of aryl methyl sites for hydroxylation is 4. The third-order valence-electron chi connectivity index (χ3n) is 4.45. The molecule has 2 aromatic carbocycles. The normalized spacial score (nSPS) is 10.9. The van der Waals surface area contributed by atoms with E-state index < -0.39 is 0 Å². The van der Waals surface area contributed by atoms with Crippen LogP contribution in [-0.2, 0) is 6.42 Å². The maximum absolute atomic E-state index is 2.36. The van der Waals surface area contributed by atoms with Gasteiger partial charge in [-0.05, 0) is 55.9 Å². The van der Waals surface area contributed by atoms with Gasteiger partial charge in [0.2, 0.25) is 0 Å². The molecule has 2 rings (SSSR count). The van der Waals surface area contributed by atoms with Crippen molar-refractivity contribution in [2.75, 3.05) is 0 Å². The Morgan fingerprint density at radius 3 is 2.00 bits per heavy atom. The number of benzene rings is 2. The van der Waals surface area contributed by atoms with Crippen molar-refractivity contribution in [1.29, 1.82) is 0 Å². The number of hydrogen-bond acceptors (Lipinski definition) is 0. The molecule has 0 aliphatic carbocycles. The maximum atomic E-state index is 2.36. The first kappa shape index (κ1) is 16.8. The minimum atomic E-state index is 1.22. The third-order valence-corrected chi connectivity index (χ3v) is 4.45. The van der Waals surface area contributed by atoms with Gasteiger partial charge in [-0.25, -0.2) is 0 Å². The van der Waals surface area contributed by atoms with Crippen molar-refractivity contribution < 1.29 is 0 Å². The van der Waals surface area contributed by atoms with Crippen molar-refractivity contribution >= 4 is 0 Å². The van der Waals surface area contributed by atoms with Crippen molar-refractivity contribution in [2.24, 2.45) is 0 Å². The van der Waals surface area contributed by atoms with Crippen molar-refractivity contribution in [3.05, 3.63) is 58.7 Å². The Hall–Kier alpha value is -1.56. The van der Waals surface area contributed by atoms with Crippen molar-refractivity contribution in [3.8, 4) is 11.1 Å². The summed E-state index contributed by atoms with van der Waals surface area (Å²) >= 11 is 0. The summed E-state index contributed by atoms with van der Waals surface area (Å²) < 4.78 is 0. The topological polar surface area (TPSA) is 0 Å². The molecule has 0 amide bonds. The van der Waals surface area contributed by atoms with Crippen molar-refractivity contribution in [3.63, 3.8) is 0 Å². The predicted octanol–water partition coefficient (Wildman–Crippen LogP) is 6.79. The molecule has 118 valence electrons. The Labute approximate surface area is 136 Å². The van der Waals surface area contributed by atoms with Gasteiger partial charge in [-0.15, -0.1) is 0 Å². The lowest BCUT2D eigenvalue weighted by atomic mass is 9.95. The van der Waals surface area contributed by atoms with Crippen LogP contribution >= 0.6 is 0 Å². The van der Waals surface area contributed by atoms with Gasteiger partial charge in [0.25, 0.3) is 0 Å². The second-order valence-electron chi connectivity index (χ2n) is 6.68. The van der Waals surface area contributed by atoms with E-state index in [4.69, 9.17) is 0 Å². The molecule has 0 aliphatic heterocycles. The van der Waals surface area contributed by atoms with Crippen LogP contribution in [0.5, 0.6) is 0 Å². The smallest absolute Gasteiger partial charge is 0.0179 e. The average molecular weight is 294 g/mol. The fraction of sp³-hybridized carbons (Fsp3) is 0.455. The first-order valence-corrected chi connectivity index (χ1v) is 8.78. The lowest BCUT2D eigenvalue weighted by Crippen LogP contribution is -1.92. The van der Waals surface area contributed by atoms with Gasteiger partial charge in [-0.2, -0.15) is 0 Å². The summed E-state index contributed by atoms with van der Waals surface area (Å²) in [4.78, 5) is 0. The number of rotatable bonds is 7. The van der Waals surface area contributed by atoms with Crippen LogP contribution in [0.25, 0.3) is 11.1 Å². The lowest BCUT2D eigenvalue weighted by molar-refractivity contribution is 0.631. The zero-order chi connectivity index (χ0) is 15.9. The molecule has 0 fully saturated rings. The predicted molar refractivity (Wildman–Crippen MR) is 98.6 cm³/mol. The standard InChI is InChI=1S/C22H30/c1-5-6-7-8-9-10-20-11-12-21(16-19(20)4)22-14-17(2)13-18(3)15-22/h11-16H,5-10H2,1-4H3. The molecule has 0 bridgehead atoms. The second kappa shape index (κ2) is 8.17. The third kappa shape index (κ3) is 4.73. The molecular formula is C22H30. The summed E-state index contributed by atoms with van der Waals surface area (Å²) in [7, 11) is 0. The molecule has 0 heteroatoms. The fourth-order valence-electron chi connectivity index (χ4n) is 3.22. The van der Waals surface area contributed by atoms with Gasteiger partial charge in [-0.3, -0.25) is 0 Å². The van der Waals surface area contributed by atoms with E-state index in [0.29, 0.717) is 0 Å². The SMILES string of the molecule is CCCCCCCc1ccc(-c2cc(C)cc(C)c2)cc1C. The highest BCUT2D eigenvalue weighted by molar-refractivity contribution is 5.66. The van der Waals surface area contributed by atoms with Crippen LogP contribution in [0.2, 0.25) is 0 Å². The van der Waals surface area contributed by atoms with Crippen molar-refractivity contribution in [2.45, 2.75) is 66.2 Å². The highest BCUT2D eigenvalue weighted by Gasteiger charge is 2.04. The van der Waals surface area contributed by atoms with Gasteiger partial charge in [0, 0.05) is 0 Å². The van der Waals surface area contributed by atoms with Crippen LogP contribution in [0.3, 0.4) is 0 Å². The summed E-state index contributed by atoms with van der Waals surface area (Å²) in [6.45, 7) is 8.88. The van der Waals surface area contributed by atoms with E-state index >= 15 is 0 Å². The molecular weight excluding hydrogens is 264 g/mol. The van der Waals surface area contributed by atoms with E-state index in [-0.39, 0.29) is 0 Å².